The van der Waals surface area contributed by atoms with E-state index in [0.717, 1.165) is 28.1 Å². The van der Waals surface area contributed by atoms with Gasteiger partial charge < -0.3 is 5.32 Å². The van der Waals surface area contributed by atoms with Crippen molar-refractivity contribution in [2.45, 2.75) is 32.7 Å². The van der Waals surface area contributed by atoms with Crippen molar-refractivity contribution < 1.29 is 4.79 Å². The van der Waals surface area contributed by atoms with E-state index >= 15 is 0 Å². The van der Waals surface area contributed by atoms with Crippen molar-refractivity contribution in [3.8, 4) is 10.7 Å². The van der Waals surface area contributed by atoms with Gasteiger partial charge in [-0.3, -0.25) is 4.79 Å². The Labute approximate surface area is 172 Å². The Hall–Kier alpha value is -2.44. The Morgan fingerprint density at radius 2 is 2.00 bits per heavy atom. The van der Waals surface area contributed by atoms with E-state index in [1.54, 1.807) is 11.3 Å². The number of fused-ring (bicyclic) bond motifs is 1. The number of thiophene rings is 1. The molecule has 0 spiro atoms. The molecule has 0 saturated heterocycles. The van der Waals surface area contributed by atoms with Gasteiger partial charge in [-0.25, -0.2) is 4.68 Å². The van der Waals surface area contributed by atoms with Gasteiger partial charge >= 0.3 is 0 Å². The molecule has 1 aliphatic heterocycles. The number of benzene rings is 1. The normalized spacial score (nSPS) is 20.5. The minimum Gasteiger partial charge on any atom is -0.328 e. The molecule has 0 bridgehead atoms. The summed E-state index contributed by atoms with van der Waals surface area (Å²) in [7, 11) is 0. The maximum atomic E-state index is 13.2. The summed E-state index contributed by atoms with van der Waals surface area (Å²) in [4.78, 5) is 18.9. The Morgan fingerprint density at radius 1 is 1.21 bits per heavy atom. The SMILES string of the molecule is CC1(C)CC(=O)C2=C(C1)Nc1nc(-c3cccs3)nn1C2c1ccc(Cl)cc1. The van der Waals surface area contributed by atoms with E-state index in [1.165, 1.54) is 0 Å². The third-order valence-corrected chi connectivity index (χ3v) is 6.38. The van der Waals surface area contributed by atoms with Crippen LogP contribution in [0.25, 0.3) is 10.7 Å². The number of rotatable bonds is 2. The number of carbonyl (C=O) groups is 1. The van der Waals surface area contributed by atoms with Crippen molar-refractivity contribution >= 4 is 34.7 Å². The first-order valence-corrected chi connectivity index (χ1v) is 10.5. The topological polar surface area (TPSA) is 59.8 Å². The maximum Gasteiger partial charge on any atom is 0.226 e. The second kappa shape index (κ2) is 6.29. The number of nitrogens with one attached hydrogen (secondary N) is 1. The summed E-state index contributed by atoms with van der Waals surface area (Å²) in [6.45, 7) is 4.26. The molecule has 5 rings (SSSR count). The molecule has 7 heteroatoms. The summed E-state index contributed by atoms with van der Waals surface area (Å²) in [6.07, 6.45) is 1.33. The molecule has 1 aromatic carbocycles. The first kappa shape index (κ1) is 17.6. The van der Waals surface area contributed by atoms with Gasteiger partial charge in [0.15, 0.2) is 11.6 Å². The predicted octanol–water partition coefficient (Wildman–Crippen LogP) is 5.32. The molecule has 2 aromatic heterocycles. The van der Waals surface area contributed by atoms with Crippen molar-refractivity contribution in [3.05, 3.63) is 63.6 Å². The van der Waals surface area contributed by atoms with Crippen LogP contribution in [0.4, 0.5) is 5.95 Å². The zero-order valence-corrected chi connectivity index (χ0v) is 17.1. The molecule has 1 unspecified atom stereocenters. The second-order valence-electron chi connectivity index (χ2n) is 8.09. The number of Topliss-reactive ketones (excluding diaryl/α,β-unsaturated/α-hetero) is 1. The summed E-state index contributed by atoms with van der Waals surface area (Å²) in [5.74, 6) is 1.51. The predicted molar refractivity (Wildman–Crippen MR) is 112 cm³/mol. The molecule has 0 amide bonds. The van der Waals surface area contributed by atoms with Crippen LogP contribution >= 0.6 is 22.9 Å². The van der Waals surface area contributed by atoms with Gasteiger partial charge in [-0.15, -0.1) is 16.4 Å². The van der Waals surface area contributed by atoms with Crippen LogP contribution in [-0.2, 0) is 4.79 Å². The van der Waals surface area contributed by atoms with Crippen LogP contribution in [0.1, 0.15) is 38.3 Å². The molecule has 1 N–H and O–H groups in total. The van der Waals surface area contributed by atoms with E-state index in [4.69, 9.17) is 21.7 Å². The molecule has 0 radical (unpaired) electrons. The molecule has 142 valence electrons. The largest absolute Gasteiger partial charge is 0.328 e. The molecule has 0 saturated carbocycles. The molecule has 2 aliphatic rings. The van der Waals surface area contributed by atoms with E-state index < -0.39 is 0 Å². The average Bonchev–Trinajstić information content (AvgIpc) is 3.29. The highest BCUT2D eigenvalue weighted by Crippen LogP contribution is 2.45. The van der Waals surface area contributed by atoms with Gasteiger partial charge in [0.2, 0.25) is 5.95 Å². The molecule has 3 heterocycles. The Balaban J connectivity index is 1.69. The summed E-state index contributed by atoms with van der Waals surface area (Å²) in [6, 6.07) is 11.3. The fourth-order valence-corrected chi connectivity index (χ4v) is 4.85. The fraction of sp³-hybridized carbons (Fsp3) is 0.286. The zero-order chi connectivity index (χ0) is 19.5. The van der Waals surface area contributed by atoms with Gasteiger partial charge in [0.25, 0.3) is 0 Å². The van der Waals surface area contributed by atoms with Crippen LogP contribution in [0.5, 0.6) is 0 Å². The lowest BCUT2D eigenvalue weighted by Gasteiger charge is -2.38. The van der Waals surface area contributed by atoms with Gasteiger partial charge in [-0.2, -0.15) is 4.98 Å². The monoisotopic (exact) mass is 410 g/mol. The second-order valence-corrected chi connectivity index (χ2v) is 9.48. The van der Waals surface area contributed by atoms with Crippen molar-refractivity contribution in [1.82, 2.24) is 14.8 Å². The Morgan fingerprint density at radius 3 is 2.71 bits per heavy atom. The summed E-state index contributed by atoms with van der Waals surface area (Å²) >= 11 is 7.70. The van der Waals surface area contributed by atoms with Gasteiger partial charge in [0, 0.05) is 22.7 Å². The third kappa shape index (κ3) is 2.88. The highest BCUT2D eigenvalue weighted by atomic mass is 35.5. The zero-order valence-electron chi connectivity index (χ0n) is 15.6. The molecule has 28 heavy (non-hydrogen) atoms. The Kier molecular flexibility index (Phi) is 3.96. The lowest BCUT2D eigenvalue weighted by atomic mass is 9.73. The highest BCUT2D eigenvalue weighted by molar-refractivity contribution is 7.13. The van der Waals surface area contributed by atoms with Crippen LogP contribution in [-0.4, -0.2) is 20.5 Å². The average molecular weight is 411 g/mol. The number of halogens is 1. The number of anilines is 1. The molecule has 1 aliphatic carbocycles. The smallest absolute Gasteiger partial charge is 0.226 e. The Bertz CT molecular complexity index is 1100. The minimum absolute atomic E-state index is 0.0771. The number of allylic oxidation sites excluding steroid dienone is 2. The number of hydrogen-bond donors (Lipinski definition) is 1. The molecule has 5 nitrogen and oxygen atoms in total. The maximum absolute atomic E-state index is 13.2. The minimum atomic E-state index is -0.298. The quantitative estimate of drug-likeness (QED) is 0.621. The molecule has 3 aromatic rings. The van der Waals surface area contributed by atoms with Gasteiger partial charge in [0.05, 0.1) is 4.88 Å². The van der Waals surface area contributed by atoms with Crippen LogP contribution < -0.4 is 5.32 Å². The van der Waals surface area contributed by atoms with Gasteiger partial charge in [-0.1, -0.05) is 43.6 Å². The number of nitrogens with zero attached hydrogens (tertiary/aromatic N) is 3. The first-order chi connectivity index (χ1) is 13.4. The van der Waals surface area contributed by atoms with Crippen molar-refractivity contribution in [2.75, 3.05) is 5.32 Å². The van der Waals surface area contributed by atoms with Crippen LogP contribution in [0, 0.1) is 5.41 Å². The summed E-state index contributed by atoms with van der Waals surface area (Å²) in [5.41, 5.74) is 2.65. The number of hydrogen-bond acceptors (Lipinski definition) is 5. The summed E-state index contributed by atoms with van der Waals surface area (Å²) in [5, 5.41) is 10.9. The van der Waals surface area contributed by atoms with Gasteiger partial charge in [0.1, 0.15) is 6.04 Å². The van der Waals surface area contributed by atoms with Crippen LogP contribution in [0.15, 0.2) is 53.0 Å². The number of aromatic nitrogens is 3. The molecule has 0 fully saturated rings. The van der Waals surface area contributed by atoms with E-state index in [-0.39, 0.29) is 17.2 Å². The fourth-order valence-electron chi connectivity index (χ4n) is 4.07. The molecular weight excluding hydrogens is 392 g/mol. The van der Waals surface area contributed by atoms with E-state index in [9.17, 15) is 4.79 Å². The van der Waals surface area contributed by atoms with E-state index in [1.807, 2.05) is 46.5 Å². The van der Waals surface area contributed by atoms with Crippen molar-refractivity contribution in [1.29, 1.82) is 0 Å². The molecule has 1 atom stereocenters. The number of carbonyl (C=O) groups excluding carboxylic acids is 1. The number of ketones is 1. The lowest BCUT2D eigenvalue weighted by Crippen LogP contribution is -2.36. The van der Waals surface area contributed by atoms with E-state index in [0.29, 0.717) is 23.2 Å². The highest BCUT2D eigenvalue weighted by Gasteiger charge is 2.41. The van der Waals surface area contributed by atoms with Crippen molar-refractivity contribution in [3.63, 3.8) is 0 Å². The lowest BCUT2D eigenvalue weighted by molar-refractivity contribution is -0.118. The van der Waals surface area contributed by atoms with Crippen LogP contribution in [0.3, 0.4) is 0 Å². The molecular formula is C21H19ClN4OS. The van der Waals surface area contributed by atoms with Gasteiger partial charge in [-0.05, 0) is 41.0 Å². The standard InChI is InChI=1S/C21H19ClN4OS/c1-21(2)10-14-17(15(27)11-21)18(12-5-7-13(22)8-6-12)26-20(23-14)24-19(25-26)16-4-3-9-28-16/h3-9,18H,10-11H2,1-2H3,(H,23,24,25). The van der Waals surface area contributed by atoms with Crippen molar-refractivity contribution in [2.24, 2.45) is 5.41 Å². The first-order valence-electron chi connectivity index (χ1n) is 9.20. The third-order valence-electron chi connectivity index (χ3n) is 5.26. The summed E-state index contributed by atoms with van der Waals surface area (Å²) < 4.78 is 1.84. The van der Waals surface area contributed by atoms with E-state index in [2.05, 4.69) is 19.2 Å². The van der Waals surface area contributed by atoms with Crippen LogP contribution in [0.2, 0.25) is 5.02 Å².